The van der Waals surface area contributed by atoms with E-state index >= 15 is 0 Å². The van der Waals surface area contributed by atoms with Crippen molar-refractivity contribution in [3.05, 3.63) is 62.7 Å². The van der Waals surface area contributed by atoms with E-state index in [9.17, 15) is 9.18 Å². The van der Waals surface area contributed by atoms with E-state index in [0.717, 1.165) is 35.1 Å². The monoisotopic (exact) mass is 408 g/mol. The molecule has 26 heavy (non-hydrogen) atoms. The Morgan fingerprint density at radius 3 is 2.92 bits per heavy atom. The van der Waals surface area contributed by atoms with Gasteiger partial charge in [-0.05, 0) is 35.9 Å². The van der Waals surface area contributed by atoms with Crippen molar-refractivity contribution in [1.82, 2.24) is 4.98 Å². The van der Waals surface area contributed by atoms with Gasteiger partial charge in [-0.3, -0.25) is 10.1 Å². The molecule has 132 valence electrons. The maximum absolute atomic E-state index is 13.6. The van der Waals surface area contributed by atoms with Crippen LogP contribution in [0.5, 0.6) is 5.75 Å². The van der Waals surface area contributed by atoms with Crippen LogP contribution in [0.3, 0.4) is 0 Å². The average molecular weight is 409 g/mol. The Balaban J connectivity index is 1.55. The summed E-state index contributed by atoms with van der Waals surface area (Å²) in [5.41, 5.74) is 2.83. The zero-order chi connectivity index (χ0) is 18.3. The number of halogens is 3. The number of rotatable bonds is 3. The van der Waals surface area contributed by atoms with Gasteiger partial charge in [0.2, 0.25) is 0 Å². The van der Waals surface area contributed by atoms with Gasteiger partial charge in [-0.2, -0.15) is 0 Å². The molecule has 0 radical (unpaired) electrons. The van der Waals surface area contributed by atoms with E-state index in [0.29, 0.717) is 11.7 Å². The van der Waals surface area contributed by atoms with Crippen LogP contribution in [0.2, 0.25) is 10.0 Å². The highest BCUT2D eigenvalue weighted by Gasteiger charge is 2.17. The van der Waals surface area contributed by atoms with Crippen LogP contribution in [0.25, 0.3) is 11.3 Å². The van der Waals surface area contributed by atoms with Gasteiger partial charge in [-0.1, -0.05) is 23.2 Å². The quantitative estimate of drug-likeness (QED) is 0.586. The zero-order valence-electron chi connectivity index (χ0n) is 13.2. The molecular formula is C18H11Cl2FN2O2S. The first-order valence-electron chi connectivity index (χ1n) is 7.69. The van der Waals surface area contributed by atoms with Crippen LogP contribution in [-0.4, -0.2) is 17.5 Å². The first-order valence-corrected chi connectivity index (χ1v) is 9.32. The number of benzene rings is 2. The summed E-state index contributed by atoms with van der Waals surface area (Å²) in [4.78, 5) is 16.8. The lowest BCUT2D eigenvalue weighted by Crippen LogP contribution is -2.12. The summed E-state index contributed by atoms with van der Waals surface area (Å²) >= 11 is 12.9. The molecule has 1 aliphatic heterocycles. The van der Waals surface area contributed by atoms with E-state index in [1.807, 2.05) is 23.6 Å². The van der Waals surface area contributed by atoms with Crippen molar-refractivity contribution in [2.45, 2.75) is 6.42 Å². The Labute approximate surface area is 162 Å². The van der Waals surface area contributed by atoms with Gasteiger partial charge in [-0.25, -0.2) is 9.37 Å². The van der Waals surface area contributed by atoms with Crippen LogP contribution in [0.1, 0.15) is 15.9 Å². The summed E-state index contributed by atoms with van der Waals surface area (Å²) in [7, 11) is 0. The molecule has 4 nitrogen and oxygen atoms in total. The molecule has 3 aromatic rings. The van der Waals surface area contributed by atoms with Gasteiger partial charge in [0, 0.05) is 17.4 Å². The molecule has 8 heteroatoms. The summed E-state index contributed by atoms with van der Waals surface area (Å²) in [6.45, 7) is 0.690. The molecule has 1 amide bonds. The summed E-state index contributed by atoms with van der Waals surface area (Å²) in [5, 5.41) is 4.82. The number of amides is 1. The van der Waals surface area contributed by atoms with Crippen LogP contribution in [0.4, 0.5) is 9.52 Å². The Bertz CT molecular complexity index is 1020. The largest absolute Gasteiger partial charge is 0.493 e. The first-order chi connectivity index (χ1) is 12.5. The van der Waals surface area contributed by atoms with Crippen molar-refractivity contribution in [2.24, 2.45) is 0 Å². The van der Waals surface area contributed by atoms with E-state index in [1.165, 1.54) is 17.4 Å². The molecule has 2 aromatic carbocycles. The molecule has 1 N–H and O–H groups in total. The SMILES string of the molecule is O=C(Nc1nc(-c2ccc3c(c2)CCO3)cs1)c1cc(F)c(Cl)cc1Cl. The molecule has 0 unspecified atom stereocenters. The minimum atomic E-state index is -0.707. The number of fused-ring (bicyclic) bond motifs is 1. The minimum Gasteiger partial charge on any atom is -0.493 e. The van der Waals surface area contributed by atoms with Gasteiger partial charge in [0.1, 0.15) is 11.6 Å². The number of nitrogens with zero attached hydrogens (tertiary/aromatic N) is 1. The Morgan fingerprint density at radius 2 is 2.08 bits per heavy atom. The number of nitrogens with one attached hydrogen (secondary N) is 1. The summed E-state index contributed by atoms with van der Waals surface area (Å²) < 4.78 is 19.1. The molecule has 0 bridgehead atoms. The predicted molar refractivity (Wildman–Crippen MR) is 101 cm³/mol. The predicted octanol–water partition coefficient (Wildman–Crippen LogP) is 5.44. The summed E-state index contributed by atoms with van der Waals surface area (Å²) in [6.07, 6.45) is 0.873. The Morgan fingerprint density at radius 1 is 1.23 bits per heavy atom. The molecular weight excluding hydrogens is 398 g/mol. The number of aromatic nitrogens is 1. The molecule has 0 atom stereocenters. The fraction of sp³-hybridized carbons (Fsp3) is 0.111. The standard InChI is InChI=1S/C18H11Cl2FN2O2S/c19-12-7-13(20)14(21)6-11(12)17(24)23-18-22-15(8-26-18)9-1-2-16-10(5-9)3-4-25-16/h1-2,5-8H,3-4H2,(H,22,23,24). The van der Waals surface area contributed by atoms with E-state index in [2.05, 4.69) is 10.3 Å². The van der Waals surface area contributed by atoms with Gasteiger partial charge in [0.15, 0.2) is 5.13 Å². The van der Waals surface area contributed by atoms with E-state index in [1.54, 1.807) is 0 Å². The van der Waals surface area contributed by atoms with Crippen molar-refractivity contribution < 1.29 is 13.9 Å². The third-order valence-corrected chi connectivity index (χ3v) is 5.32. The van der Waals surface area contributed by atoms with Gasteiger partial charge in [0.05, 0.1) is 27.9 Å². The maximum atomic E-state index is 13.6. The molecule has 0 fully saturated rings. The lowest BCUT2D eigenvalue weighted by molar-refractivity contribution is 0.102. The molecule has 0 spiro atoms. The molecule has 0 aliphatic carbocycles. The van der Waals surface area contributed by atoms with Crippen molar-refractivity contribution in [3.63, 3.8) is 0 Å². The van der Waals surface area contributed by atoms with Crippen LogP contribution in [0.15, 0.2) is 35.7 Å². The maximum Gasteiger partial charge on any atom is 0.259 e. The van der Waals surface area contributed by atoms with Crippen LogP contribution < -0.4 is 10.1 Å². The second kappa shape index (κ2) is 6.87. The van der Waals surface area contributed by atoms with Gasteiger partial charge < -0.3 is 4.74 Å². The Hall–Kier alpha value is -2.15. The molecule has 2 heterocycles. The molecule has 0 saturated heterocycles. The summed E-state index contributed by atoms with van der Waals surface area (Å²) in [6, 6.07) is 8.10. The van der Waals surface area contributed by atoms with E-state index < -0.39 is 11.7 Å². The number of anilines is 1. The number of ether oxygens (including phenoxy) is 1. The van der Waals surface area contributed by atoms with Crippen molar-refractivity contribution in [3.8, 4) is 17.0 Å². The number of carbonyl (C=O) groups is 1. The highest BCUT2D eigenvalue weighted by Crippen LogP contribution is 2.32. The topological polar surface area (TPSA) is 51.2 Å². The fourth-order valence-corrected chi connectivity index (χ4v) is 3.85. The zero-order valence-corrected chi connectivity index (χ0v) is 15.5. The van der Waals surface area contributed by atoms with Crippen LogP contribution in [-0.2, 0) is 6.42 Å². The highest BCUT2D eigenvalue weighted by molar-refractivity contribution is 7.14. The van der Waals surface area contributed by atoms with Crippen LogP contribution >= 0.6 is 34.5 Å². The van der Waals surface area contributed by atoms with E-state index in [-0.39, 0.29) is 15.6 Å². The Kier molecular flexibility index (Phi) is 4.56. The first kappa shape index (κ1) is 17.3. The second-order valence-corrected chi connectivity index (χ2v) is 7.33. The fourth-order valence-electron chi connectivity index (χ4n) is 2.67. The van der Waals surface area contributed by atoms with Crippen molar-refractivity contribution in [2.75, 3.05) is 11.9 Å². The lowest BCUT2D eigenvalue weighted by Gasteiger charge is -2.05. The molecule has 1 aliphatic rings. The van der Waals surface area contributed by atoms with E-state index in [4.69, 9.17) is 27.9 Å². The highest BCUT2D eigenvalue weighted by atomic mass is 35.5. The van der Waals surface area contributed by atoms with Crippen LogP contribution in [0, 0.1) is 5.82 Å². The number of thiazole rings is 1. The van der Waals surface area contributed by atoms with Crippen molar-refractivity contribution in [1.29, 1.82) is 0 Å². The van der Waals surface area contributed by atoms with Crippen molar-refractivity contribution >= 4 is 45.6 Å². The smallest absolute Gasteiger partial charge is 0.259 e. The third-order valence-electron chi connectivity index (χ3n) is 3.96. The number of carbonyl (C=O) groups excluding carboxylic acids is 1. The van der Waals surface area contributed by atoms with Gasteiger partial charge in [0.25, 0.3) is 5.91 Å². The van der Waals surface area contributed by atoms with Gasteiger partial charge >= 0.3 is 0 Å². The lowest BCUT2D eigenvalue weighted by atomic mass is 10.1. The minimum absolute atomic E-state index is 0.00000353. The normalized spacial score (nSPS) is 12.6. The molecule has 0 saturated carbocycles. The summed E-state index contributed by atoms with van der Waals surface area (Å²) in [5.74, 6) is -0.355. The third kappa shape index (κ3) is 3.28. The average Bonchev–Trinajstić information content (AvgIpc) is 3.26. The number of hydrogen-bond donors (Lipinski definition) is 1. The molecule has 1 aromatic heterocycles. The molecule has 4 rings (SSSR count). The second-order valence-electron chi connectivity index (χ2n) is 5.66. The number of hydrogen-bond acceptors (Lipinski definition) is 4. The van der Waals surface area contributed by atoms with Gasteiger partial charge in [-0.15, -0.1) is 11.3 Å².